The Hall–Kier alpha value is -4.11. The van der Waals surface area contributed by atoms with Gasteiger partial charge in [-0.15, -0.1) is 21.5 Å². The fourth-order valence-corrected chi connectivity index (χ4v) is 5.65. The van der Waals surface area contributed by atoms with Crippen LogP contribution in [0.3, 0.4) is 0 Å². The SMILES string of the molecule is N#Cc1c(Cl)nc2c(sc3nnc(-c4ccccc4)c(-c4ccccc4)c32)c1-c1ccccc1. The summed E-state index contributed by atoms with van der Waals surface area (Å²) < 4.78 is 0.874. The lowest BCUT2D eigenvalue weighted by molar-refractivity contribution is 1.09. The van der Waals surface area contributed by atoms with E-state index in [9.17, 15) is 5.26 Å². The van der Waals surface area contributed by atoms with Gasteiger partial charge in [0.25, 0.3) is 0 Å². The summed E-state index contributed by atoms with van der Waals surface area (Å²) in [6, 6.07) is 32.2. The number of fused-ring (bicyclic) bond motifs is 3. The summed E-state index contributed by atoms with van der Waals surface area (Å²) in [6.07, 6.45) is 0. The number of thiophene rings is 1. The van der Waals surface area contributed by atoms with Crippen LogP contribution in [0.25, 0.3) is 53.9 Å². The Morgan fingerprint density at radius 3 is 1.85 bits per heavy atom. The van der Waals surface area contributed by atoms with Crippen molar-refractivity contribution in [3.8, 4) is 39.6 Å². The Morgan fingerprint density at radius 2 is 1.26 bits per heavy atom. The van der Waals surface area contributed by atoms with Crippen molar-refractivity contribution in [3.63, 3.8) is 0 Å². The molecule has 0 atom stereocenters. The smallest absolute Gasteiger partial charge is 0.149 e. The quantitative estimate of drug-likeness (QED) is 0.246. The minimum Gasteiger partial charge on any atom is -0.233 e. The molecule has 0 spiro atoms. The lowest BCUT2D eigenvalue weighted by Crippen LogP contribution is -1.95. The third-order valence-electron chi connectivity index (χ3n) is 5.77. The minimum atomic E-state index is 0.186. The van der Waals surface area contributed by atoms with Crippen molar-refractivity contribution in [2.24, 2.45) is 0 Å². The molecule has 160 valence electrons. The molecule has 6 rings (SSSR count). The van der Waals surface area contributed by atoms with Crippen LogP contribution in [-0.4, -0.2) is 15.2 Å². The van der Waals surface area contributed by atoms with Crippen LogP contribution in [0.4, 0.5) is 0 Å². The maximum atomic E-state index is 9.92. The summed E-state index contributed by atoms with van der Waals surface area (Å²) in [4.78, 5) is 5.48. The van der Waals surface area contributed by atoms with E-state index in [1.165, 1.54) is 11.3 Å². The van der Waals surface area contributed by atoms with E-state index in [0.717, 1.165) is 53.9 Å². The van der Waals surface area contributed by atoms with Gasteiger partial charge in [0.2, 0.25) is 0 Å². The molecule has 0 aliphatic carbocycles. The van der Waals surface area contributed by atoms with E-state index in [2.05, 4.69) is 28.4 Å². The summed E-state index contributed by atoms with van der Waals surface area (Å²) >= 11 is 8.09. The predicted octanol–water partition coefficient (Wildman–Crippen LogP) is 7.77. The molecule has 0 bridgehead atoms. The van der Waals surface area contributed by atoms with Crippen molar-refractivity contribution in [1.82, 2.24) is 15.2 Å². The van der Waals surface area contributed by atoms with E-state index >= 15 is 0 Å². The average molecular weight is 475 g/mol. The van der Waals surface area contributed by atoms with Crippen molar-refractivity contribution >= 4 is 43.4 Å². The molecule has 34 heavy (non-hydrogen) atoms. The number of aromatic nitrogens is 3. The van der Waals surface area contributed by atoms with Crippen molar-refractivity contribution in [2.45, 2.75) is 0 Å². The number of halogens is 1. The maximum absolute atomic E-state index is 9.92. The van der Waals surface area contributed by atoms with Gasteiger partial charge < -0.3 is 0 Å². The van der Waals surface area contributed by atoms with Crippen LogP contribution in [0.5, 0.6) is 0 Å². The van der Waals surface area contributed by atoms with Crippen LogP contribution in [0, 0.1) is 11.3 Å². The fraction of sp³-hybridized carbons (Fsp3) is 0. The van der Waals surface area contributed by atoms with E-state index in [0.29, 0.717) is 5.56 Å². The monoisotopic (exact) mass is 474 g/mol. The Bertz CT molecular complexity index is 1710. The molecule has 0 saturated heterocycles. The third-order valence-corrected chi connectivity index (χ3v) is 7.12. The van der Waals surface area contributed by atoms with E-state index in [-0.39, 0.29) is 5.15 Å². The zero-order chi connectivity index (χ0) is 23.1. The maximum Gasteiger partial charge on any atom is 0.149 e. The van der Waals surface area contributed by atoms with Gasteiger partial charge in [0, 0.05) is 22.1 Å². The highest BCUT2D eigenvalue weighted by atomic mass is 35.5. The number of nitrogens with zero attached hydrogens (tertiary/aromatic N) is 4. The second-order valence-corrected chi connectivity index (χ2v) is 9.10. The number of hydrogen-bond acceptors (Lipinski definition) is 5. The van der Waals surface area contributed by atoms with Crippen LogP contribution < -0.4 is 0 Å². The zero-order valence-electron chi connectivity index (χ0n) is 17.7. The number of rotatable bonds is 3. The lowest BCUT2D eigenvalue weighted by atomic mass is 9.95. The predicted molar refractivity (Wildman–Crippen MR) is 139 cm³/mol. The van der Waals surface area contributed by atoms with E-state index < -0.39 is 0 Å². The van der Waals surface area contributed by atoms with Gasteiger partial charge in [-0.25, -0.2) is 4.98 Å². The molecule has 3 aromatic heterocycles. The van der Waals surface area contributed by atoms with Gasteiger partial charge in [0.1, 0.15) is 21.7 Å². The fourth-order valence-electron chi connectivity index (χ4n) is 4.28. The molecular formula is C28H15ClN4S. The first-order valence-corrected chi connectivity index (χ1v) is 11.8. The standard InChI is InChI=1S/C28H15ClN4S/c29-27-20(16-30)21(17-10-4-1-5-11-17)26-25(31-27)23-22(18-12-6-2-7-13-18)24(32-33-28(23)34-26)19-14-8-3-9-15-19/h1-15H. The first-order chi connectivity index (χ1) is 16.8. The molecule has 0 saturated carbocycles. The van der Waals surface area contributed by atoms with Gasteiger partial charge in [-0.05, 0) is 11.1 Å². The molecule has 0 radical (unpaired) electrons. The van der Waals surface area contributed by atoms with Crippen LogP contribution in [0.1, 0.15) is 5.56 Å². The molecule has 0 fully saturated rings. The van der Waals surface area contributed by atoms with Crippen LogP contribution in [-0.2, 0) is 0 Å². The molecule has 6 aromatic rings. The number of pyridine rings is 1. The van der Waals surface area contributed by atoms with Gasteiger partial charge >= 0.3 is 0 Å². The van der Waals surface area contributed by atoms with Gasteiger partial charge in [-0.2, -0.15) is 5.26 Å². The molecule has 0 N–H and O–H groups in total. The van der Waals surface area contributed by atoms with E-state index in [1.807, 2.05) is 78.9 Å². The van der Waals surface area contributed by atoms with Crippen molar-refractivity contribution < 1.29 is 0 Å². The number of benzene rings is 3. The molecule has 0 aliphatic heterocycles. The summed E-state index contributed by atoms with van der Waals surface area (Å²) in [5, 5.41) is 20.3. The Kier molecular flexibility index (Phi) is 5.03. The highest BCUT2D eigenvalue weighted by Crippen LogP contribution is 2.46. The topological polar surface area (TPSA) is 62.5 Å². The Morgan fingerprint density at radius 1 is 0.706 bits per heavy atom. The lowest BCUT2D eigenvalue weighted by Gasteiger charge is -2.11. The molecule has 3 heterocycles. The molecule has 0 aliphatic rings. The Labute approximate surface area is 204 Å². The number of hydrogen-bond donors (Lipinski definition) is 0. The highest BCUT2D eigenvalue weighted by molar-refractivity contribution is 7.26. The second-order valence-electron chi connectivity index (χ2n) is 7.75. The van der Waals surface area contributed by atoms with E-state index in [4.69, 9.17) is 16.6 Å². The summed E-state index contributed by atoms with van der Waals surface area (Å²) in [6.45, 7) is 0. The van der Waals surface area contributed by atoms with Crippen molar-refractivity contribution in [3.05, 3.63) is 102 Å². The van der Waals surface area contributed by atoms with E-state index in [1.54, 1.807) is 0 Å². The summed E-state index contributed by atoms with van der Waals surface area (Å²) in [5.74, 6) is 0. The van der Waals surface area contributed by atoms with Gasteiger partial charge in [-0.3, -0.25) is 0 Å². The largest absolute Gasteiger partial charge is 0.233 e. The first kappa shape index (κ1) is 20.5. The first-order valence-electron chi connectivity index (χ1n) is 10.6. The van der Waals surface area contributed by atoms with Crippen molar-refractivity contribution in [1.29, 1.82) is 5.26 Å². The molecule has 6 heteroatoms. The third kappa shape index (κ3) is 3.24. The van der Waals surface area contributed by atoms with Crippen LogP contribution in [0.15, 0.2) is 91.0 Å². The molecule has 3 aromatic carbocycles. The minimum absolute atomic E-state index is 0.186. The second kappa shape index (κ2) is 8.35. The summed E-state index contributed by atoms with van der Waals surface area (Å²) in [7, 11) is 0. The molecule has 0 amide bonds. The number of nitriles is 1. The van der Waals surface area contributed by atoms with Crippen molar-refractivity contribution in [2.75, 3.05) is 0 Å². The molecular weight excluding hydrogens is 460 g/mol. The van der Waals surface area contributed by atoms with Crippen LogP contribution in [0.2, 0.25) is 5.15 Å². The Balaban J connectivity index is 1.81. The van der Waals surface area contributed by atoms with Gasteiger partial charge in [-0.1, -0.05) is 103 Å². The molecule has 0 unspecified atom stereocenters. The normalized spacial score (nSPS) is 11.1. The van der Waals surface area contributed by atoms with Gasteiger partial charge in [0.15, 0.2) is 0 Å². The molecule has 4 nitrogen and oxygen atoms in total. The van der Waals surface area contributed by atoms with Crippen LogP contribution >= 0.6 is 22.9 Å². The van der Waals surface area contributed by atoms with Gasteiger partial charge in [0.05, 0.1) is 15.8 Å². The highest BCUT2D eigenvalue weighted by Gasteiger charge is 2.24. The zero-order valence-corrected chi connectivity index (χ0v) is 19.3. The summed E-state index contributed by atoms with van der Waals surface area (Å²) in [5.41, 5.74) is 6.51. The average Bonchev–Trinajstić information content (AvgIpc) is 3.26.